The van der Waals surface area contributed by atoms with Crippen LogP contribution < -0.4 is 4.72 Å². The number of likely N-dealkylation sites (tertiary alicyclic amines) is 2. The highest BCUT2D eigenvalue weighted by Gasteiger charge is 2.48. The van der Waals surface area contributed by atoms with Crippen LogP contribution in [0.3, 0.4) is 0 Å². The van der Waals surface area contributed by atoms with Crippen molar-refractivity contribution in [2.24, 2.45) is 5.92 Å². The van der Waals surface area contributed by atoms with Crippen molar-refractivity contribution >= 4 is 22.0 Å². The second-order valence-electron chi connectivity index (χ2n) is 7.71. The molecule has 0 saturated carbocycles. The first-order valence-corrected chi connectivity index (χ1v) is 11.1. The van der Waals surface area contributed by atoms with Crippen molar-refractivity contribution in [1.82, 2.24) is 18.8 Å². The number of amides is 2. The lowest BCUT2D eigenvalue weighted by Crippen LogP contribution is -2.55. The molecule has 2 bridgehead atoms. The lowest BCUT2D eigenvalue weighted by Gasteiger charge is -2.36. The lowest BCUT2D eigenvalue weighted by molar-refractivity contribution is -0.142. The summed E-state index contributed by atoms with van der Waals surface area (Å²) in [6, 6.07) is 0.104. The van der Waals surface area contributed by atoms with E-state index in [1.165, 1.54) is 4.31 Å². The highest BCUT2D eigenvalue weighted by molar-refractivity contribution is 7.87. The zero-order valence-electron chi connectivity index (χ0n) is 15.7. The topological polar surface area (TPSA) is 90.0 Å². The van der Waals surface area contributed by atoms with E-state index < -0.39 is 10.2 Å². The van der Waals surface area contributed by atoms with Crippen LogP contribution in [-0.2, 0) is 19.8 Å². The van der Waals surface area contributed by atoms with Crippen LogP contribution in [0.1, 0.15) is 46.0 Å². The monoisotopic (exact) mass is 386 g/mol. The Morgan fingerprint density at radius 2 is 1.88 bits per heavy atom. The smallest absolute Gasteiger partial charge is 0.279 e. The van der Waals surface area contributed by atoms with Gasteiger partial charge >= 0.3 is 0 Å². The SMILES string of the molecule is CCCC[C@@H](C)C(=O)N1C[C@@H]2C[C@H]1CN2C(=O)CN1CCCNS1(=O)=O. The summed E-state index contributed by atoms with van der Waals surface area (Å²) in [7, 11) is -3.53. The summed E-state index contributed by atoms with van der Waals surface area (Å²) in [6.45, 7) is 5.90. The Bertz CT molecular complexity index is 653. The van der Waals surface area contributed by atoms with E-state index in [2.05, 4.69) is 11.6 Å². The van der Waals surface area contributed by atoms with E-state index in [1.54, 1.807) is 4.90 Å². The van der Waals surface area contributed by atoms with Crippen LogP contribution in [0.25, 0.3) is 0 Å². The van der Waals surface area contributed by atoms with Gasteiger partial charge in [0.2, 0.25) is 11.8 Å². The molecule has 8 nitrogen and oxygen atoms in total. The maximum absolute atomic E-state index is 12.6. The van der Waals surface area contributed by atoms with Gasteiger partial charge in [0, 0.05) is 32.1 Å². The zero-order chi connectivity index (χ0) is 18.9. The van der Waals surface area contributed by atoms with E-state index in [0.717, 1.165) is 25.7 Å². The quantitative estimate of drug-likeness (QED) is 0.704. The van der Waals surface area contributed by atoms with Crippen molar-refractivity contribution in [3.05, 3.63) is 0 Å². The molecule has 3 fully saturated rings. The molecule has 148 valence electrons. The summed E-state index contributed by atoms with van der Waals surface area (Å²) in [6.07, 6.45) is 4.56. The largest absolute Gasteiger partial charge is 0.336 e. The minimum absolute atomic E-state index is 0.0234. The van der Waals surface area contributed by atoms with E-state index >= 15 is 0 Å². The minimum Gasteiger partial charge on any atom is -0.336 e. The molecule has 3 aliphatic heterocycles. The van der Waals surface area contributed by atoms with Gasteiger partial charge in [-0.15, -0.1) is 0 Å². The highest BCUT2D eigenvalue weighted by Crippen LogP contribution is 2.32. The van der Waals surface area contributed by atoms with Crippen LogP contribution in [0.4, 0.5) is 0 Å². The molecule has 0 aromatic heterocycles. The van der Waals surface area contributed by atoms with Gasteiger partial charge in [0.05, 0.1) is 18.6 Å². The van der Waals surface area contributed by atoms with Gasteiger partial charge in [-0.05, 0) is 19.3 Å². The molecule has 2 amide bonds. The van der Waals surface area contributed by atoms with Crippen molar-refractivity contribution in [1.29, 1.82) is 0 Å². The molecule has 9 heteroatoms. The van der Waals surface area contributed by atoms with Crippen molar-refractivity contribution in [2.45, 2.75) is 58.0 Å². The Labute approximate surface area is 156 Å². The molecule has 3 aliphatic rings. The molecule has 3 heterocycles. The molecule has 3 atom stereocenters. The Kier molecular flexibility index (Phi) is 5.88. The number of carbonyl (C=O) groups is 2. The van der Waals surface area contributed by atoms with E-state index in [-0.39, 0.29) is 36.4 Å². The van der Waals surface area contributed by atoms with Gasteiger partial charge in [-0.3, -0.25) is 9.59 Å². The number of nitrogens with zero attached hydrogens (tertiary/aromatic N) is 3. The molecule has 0 aliphatic carbocycles. The van der Waals surface area contributed by atoms with E-state index in [0.29, 0.717) is 32.6 Å². The summed E-state index contributed by atoms with van der Waals surface area (Å²) >= 11 is 0. The van der Waals surface area contributed by atoms with Crippen molar-refractivity contribution < 1.29 is 18.0 Å². The lowest BCUT2D eigenvalue weighted by atomic mass is 10.0. The fourth-order valence-electron chi connectivity index (χ4n) is 4.23. The molecule has 0 aromatic carbocycles. The number of fused-ring (bicyclic) bond motifs is 2. The number of unbranched alkanes of at least 4 members (excludes halogenated alkanes) is 1. The highest BCUT2D eigenvalue weighted by atomic mass is 32.2. The third-order valence-electron chi connectivity index (χ3n) is 5.78. The number of carbonyl (C=O) groups excluding carboxylic acids is 2. The van der Waals surface area contributed by atoms with Crippen molar-refractivity contribution in [3.8, 4) is 0 Å². The normalized spacial score (nSPS) is 29.2. The van der Waals surface area contributed by atoms with Gasteiger partial charge in [-0.25, -0.2) is 4.72 Å². The number of piperazine rings is 1. The molecule has 1 N–H and O–H groups in total. The zero-order valence-corrected chi connectivity index (χ0v) is 16.5. The van der Waals surface area contributed by atoms with Gasteiger partial charge in [-0.1, -0.05) is 26.7 Å². The van der Waals surface area contributed by atoms with Crippen molar-refractivity contribution in [3.63, 3.8) is 0 Å². The van der Waals surface area contributed by atoms with Gasteiger partial charge in [0.15, 0.2) is 0 Å². The van der Waals surface area contributed by atoms with Crippen LogP contribution in [-0.4, -0.2) is 79.1 Å². The van der Waals surface area contributed by atoms with E-state index in [4.69, 9.17) is 0 Å². The van der Waals surface area contributed by atoms with E-state index in [1.807, 2.05) is 11.8 Å². The predicted octanol–water partition coefficient (Wildman–Crippen LogP) is 0.165. The van der Waals surface area contributed by atoms with Crippen molar-refractivity contribution in [2.75, 3.05) is 32.7 Å². The Hall–Kier alpha value is -1.19. The first kappa shape index (κ1) is 19.6. The Morgan fingerprint density at radius 1 is 1.19 bits per heavy atom. The Balaban J connectivity index is 1.55. The number of hydrogen-bond acceptors (Lipinski definition) is 4. The van der Waals surface area contributed by atoms with Crippen LogP contribution in [0, 0.1) is 5.92 Å². The fourth-order valence-corrected chi connectivity index (χ4v) is 5.47. The molecule has 0 aromatic rings. The molecule has 0 spiro atoms. The second-order valence-corrected chi connectivity index (χ2v) is 9.47. The summed E-state index contributed by atoms with van der Waals surface area (Å²) in [4.78, 5) is 29.0. The van der Waals surface area contributed by atoms with Gasteiger partial charge in [0.1, 0.15) is 0 Å². The summed E-state index contributed by atoms with van der Waals surface area (Å²) < 4.78 is 27.7. The van der Waals surface area contributed by atoms with Gasteiger partial charge < -0.3 is 9.80 Å². The predicted molar refractivity (Wildman–Crippen MR) is 97.4 cm³/mol. The van der Waals surface area contributed by atoms with Gasteiger partial charge in [-0.2, -0.15) is 12.7 Å². The molecular weight excluding hydrogens is 356 g/mol. The third kappa shape index (κ3) is 3.89. The van der Waals surface area contributed by atoms with Crippen LogP contribution in [0.15, 0.2) is 0 Å². The van der Waals surface area contributed by atoms with Crippen LogP contribution in [0.2, 0.25) is 0 Å². The molecule has 0 radical (unpaired) electrons. The maximum Gasteiger partial charge on any atom is 0.279 e. The number of rotatable bonds is 6. The summed E-state index contributed by atoms with van der Waals surface area (Å²) in [5, 5.41) is 0. The summed E-state index contributed by atoms with van der Waals surface area (Å²) in [5.41, 5.74) is 0. The number of nitrogens with one attached hydrogen (secondary N) is 1. The second kappa shape index (κ2) is 7.82. The Morgan fingerprint density at radius 3 is 2.50 bits per heavy atom. The average molecular weight is 387 g/mol. The van der Waals surface area contributed by atoms with Crippen LogP contribution in [0.5, 0.6) is 0 Å². The minimum atomic E-state index is -3.53. The van der Waals surface area contributed by atoms with Gasteiger partial charge in [0.25, 0.3) is 10.2 Å². The first-order chi connectivity index (χ1) is 12.3. The molecule has 3 rings (SSSR count). The summed E-state index contributed by atoms with van der Waals surface area (Å²) in [5.74, 6) is 0.0692. The van der Waals surface area contributed by atoms with Crippen LogP contribution >= 0.6 is 0 Å². The average Bonchev–Trinajstić information content (AvgIpc) is 3.21. The molecule has 0 unspecified atom stereocenters. The third-order valence-corrected chi connectivity index (χ3v) is 7.34. The molecular formula is C17H30N4O4S. The fraction of sp³-hybridized carbons (Fsp3) is 0.882. The molecule has 3 saturated heterocycles. The number of hydrogen-bond donors (Lipinski definition) is 1. The first-order valence-electron chi connectivity index (χ1n) is 9.68. The van der Waals surface area contributed by atoms with E-state index in [9.17, 15) is 18.0 Å². The maximum atomic E-state index is 12.6. The molecule has 26 heavy (non-hydrogen) atoms. The standard InChI is InChI=1S/C17H30N4O4S/c1-3-4-6-13(2)17(23)21-11-14-9-15(21)10-20(14)16(22)12-19-8-5-7-18-26(19,24)25/h13-15,18H,3-12H2,1-2H3/t13-,14+,15+/m1/s1.